The van der Waals surface area contributed by atoms with Crippen LogP contribution in [0.2, 0.25) is 10.3 Å². The topological polar surface area (TPSA) is 67.8 Å². The van der Waals surface area contributed by atoms with Crippen molar-refractivity contribution < 1.29 is 18.7 Å². The molecule has 1 aromatic heterocycles. The molecule has 2 atom stereocenters. The number of halogens is 4. The molecule has 2 fully saturated rings. The maximum absolute atomic E-state index is 14.8. The van der Waals surface area contributed by atoms with Crippen LogP contribution >= 0.6 is 39.1 Å². The number of hydrogen-bond acceptors (Lipinski definition) is 6. The van der Waals surface area contributed by atoms with Crippen LogP contribution in [0.25, 0.3) is 10.9 Å². The SMILES string of the molecule is CC(C)(C)OC(=O)N1C[C@H]2COC[C@@H](C1)N2c1nc(Cl)nc2c(F)c(Br)c(Cl)cc12. The summed E-state index contributed by atoms with van der Waals surface area (Å²) in [4.78, 5) is 24.8. The predicted octanol–water partition coefficient (Wildman–Crippen LogP) is 4.66. The summed E-state index contributed by atoms with van der Waals surface area (Å²) in [6.07, 6.45) is -0.373. The molecule has 1 aromatic carbocycles. The number of ether oxygens (including phenoxy) is 2. The van der Waals surface area contributed by atoms with Gasteiger partial charge in [-0.3, -0.25) is 0 Å². The first-order chi connectivity index (χ1) is 14.0. The number of fused-ring (bicyclic) bond motifs is 3. The van der Waals surface area contributed by atoms with Crippen LogP contribution in [-0.2, 0) is 9.47 Å². The summed E-state index contributed by atoms with van der Waals surface area (Å²) >= 11 is 15.5. The minimum Gasteiger partial charge on any atom is -0.444 e. The lowest BCUT2D eigenvalue weighted by Gasteiger charge is -2.50. The smallest absolute Gasteiger partial charge is 0.410 e. The first-order valence-corrected chi connectivity index (χ1v) is 10.9. The zero-order chi connectivity index (χ0) is 21.8. The largest absolute Gasteiger partial charge is 0.444 e. The highest BCUT2D eigenvalue weighted by Gasteiger charge is 2.42. The van der Waals surface area contributed by atoms with Crippen molar-refractivity contribution >= 4 is 61.9 Å². The molecule has 1 amide bonds. The molecule has 7 nitrogen and oxygen atoms in total. The number of morpholine rings is 1. The summed E-state index contributed by atoms with van der Waals surface area (Å²) in [6, 6.07) is 1.21. The highest BCUT2D eigenvalue weighted by atomic mass is 79.9. The molecule has 0 radical (unpaired) electrons. The molecule has 30 heavy (non-hydrogen) atoms. The second-order valence-electron chi connectivity index (χ2n) is 8.34. The Bertz CT molecular complexity index is 1010. The van der Waals surface area contributed by atoms with E-state index in [4.69, 9.17) is 32.7 Å². The molecular formula is C19H20BrCl2FN4O3. The van der Waals surface area contributed by atoms with E-state index in [1.54, 1.807) is 11.0 Å². The first-order valence-electron chi connectivity index (χ1n) is 9.40. The highest BCUT2D eigenvalue weighted by Crippen LogP contribution is 2.38. The quantitative estimate of drug-likeness (QED) is 0.401. The summed E-state index contributed by atoms with van der Waals surface area (Å²) < 4.78 is 26.2. The van der Waals surface area contributed by atoms with Gasteiger partial charge in [-0.2, -0.15) is 4.98 Å². The number of nitrogens with zero attached hydrogens (tertiary/aromatic N) is 4. The molecule has 11 heteroatoms. The highest BCUT2D eigenvalue weighted by molar-refractivity contribution is 9.10. The molecule has 2 bridgehead atoms. The van der Waals surface area contributed by atoms with Gasteiger partial charge in [-0.25, -0.2) is 14.2 Å². The average molecular weight is 522 g/mol. The van der Waals surface area contributed by atoms with Gasteiger partial charge in [0.2, 0.25) is 5.28 Å². The van der Waals surface area contributed by atoms with Gasteiger partial charge in [-0.05, 0) is 54.4 Å². The zero-order valence-corrected chi connectivity index (χ0v) is 19.7. The third-order valence-electron chi connectivity index (χ3n) is 4.95. The number of amides is 1. The number of rotatable bonds is 1. The standard InChI is InChI=1S/C19H20BrCl2FN4O3/c1-19(2,3)30-18(28)26-5-9-7-29-8-10(6-26)27(9)16-11-4-12(21)13(20)14(23)15(11)24-17(22)25-16/h4,9-10H,5-8H2,1-3H3/t9-,10+. The number of carbonyl (C=O) groups excluding carboxylic acids is 1. The number of benzene rings is 1. The third kappa shape index (κ3) is 4.04. The molecule has 3 heterocycles. The van der Waals surface area contributed by atoms with E-state index in [0.717, 1.165) is 0 Å². The van der Waals surface area contributed by atoms with E-state index in [1.165, 1.54) is 0 Å². The van der Waals surface area contributed by atoms with Crippen LogP contribution < -0.4 is 4.90 Å². The van der Waals surface area contributed by atoms with Crippen LogP contribution in [0.15, 0.2) is 10.5 Å². The van der Waals surface area contributed by atoms with Crippen molar-refractivity contribution in [1.29, 1.82) is 0 Å². The predicted molar refractivity (Wildman–Crippen MR) is 116 cm³/mol. The monoisotopic (exact) mass is 520 g/mol. The molecule has 0 N–H and O–H groups in total. The van der Waals surface area contributed by atoms with Crippen LogP contribution in [0.3, 0.4) is 0 Å². The Kier molecular flexibility index (Phi) is 5.76. The summed E-state index contributed by atoms with van der Waals surface area (Å²) in [5.74, 6) is -0.128. The van der Waals surface area contributed by atoms with Crippen molar-refractivity contribution in [1.82, 2.24) is 14.9 Å². The molecule has 2 aliphatic rings. The van der Waals surface area contributed by atoms with Crippen molar-refractivity contribution in [2.45, 2.75) is 38.5 Å². The molecular weight excluding hydrogens is 502 g/mol. The van der Waals surface area contributed by atoms with Gasteiger partial charge in [0.1, 0.15) is 16.9 Å². The van der Waals surface area contributed by atoms with Crippen molar-refractivity contribution in [3.05, 3.63) is 26.7 Å². The number of carbonyl (C=O) groups is 1. The lowest BCUT2D eigenvalue weighted by Crippen LogP contribution is -2.66. The van der Waals surface area contributed by atoms with Gasteiger partial charge in [-0.1, -0.05) is 11.6 Å². The molecule has 0 saturated carbocycles. The van der Waals surface area contributed by atoms with Crippen molar-refractivity contribution in [3.8, 4) is 0 Å². The van der Waals surface area contributed by atoms with E-state index < -0.39 is 11.4 Å². The van der Waals surface area contributed by atoms with E-state index in [9.17, 15) is 9.18 Å². The van der Waals surface area contributed by atoms with Crippen molar-refractivity contribution in [2.75, 3.05) is 31.2 Å². The normalized spacial score (nSPS) is 21.8. The fourth-order valence-corrected chi connectivity index (χ4v) is 4.47. The average Bonchev–Trinajstić information content (AvgIpc) is 2.64. The Morgan fingerprint density at radius 3 is 2.50 bits per heavy atom. The van der Waals surface area contributed by atoms with Crippen LogP contribution in [0, 0.1) is 5.82 Å². The van der Waals surface area contributed by atoms with E-state index in [0.29, 0.717) is 37.5 Å². The summed E-state index contributed by atoms with van der Waals surface area (Å²) in [5.41, 5.74) is -0.507. The van der Waals surface area contributed by atoms with E-state index in [2.05, 4.69) is 25.9 Å². The van der Waals surface area contributed by atoms with Crippen LogP contribution in [0.1, 0.15) is 20.8 Å². The molecule has 0 aliphatic carbocycles. The fraction of sp³-hybridized carbons (Fsp3) is 0.526. The van der Waals surface area contributed by atoms with Crippen LogP contribution in [0.5, 0.6) is 0 Å². The Morgan fingerprint density at radius 1 is 1.27 bits per heavy atom. The molecule has 0 spiro atoms. The van der Waals surface area contributed by atoms with Crippen molar-refractivity contribution in [3.63, 3.8) is 0 Å². The summed E-state index contributed by atoms with van der Waals surface area (Å²) in [6.45, 7) is 7.00. The number of piperazine rings is 1. The second-order valence-corrected chi connectivity index (χ2v) is 9.87. The zero-order valence-electron chi connectivity index (χ0n) is 16.6. The Hall–Kier alpha value is -1.42. The molecule has 2 aromatic rings. The number of anilines is 1. The van der Waals surface area contributed by atoms with Crippen LogP contribution in [-0.4, -0.2) is 64.9 Å². The summed E-state index contributed by atoms with van der Waals surface area (Å²) in [7, 11) is 0. The van der Waals surface area contributed by atoms with Gasteiger partial charge in [0, 0.05) is 18.5 Å². The lowest BCUT2D eigenvalue weighted by atomic mass is 10.0. The van der Waals surface area contributed by atoms with E-state index in [-0.39, 0.29) is 38.5 Å². The van der Waals surface area contributed by atoms with Gasteiger partial charge in [-0.15, -0.1) is 0 Å². The molecule has 4 rings (SSSR count). The Labute approximate surface area is 191 Å². The van der Waals surface area contributed by atoms with Crippen LogP contribution in [0.4, 0.5) is 15.0 Å². The first kappa shape index (κ1) is 21.8. The Morgan fingerprint density at radius 2 is 1.90 bits per heavy atom. The molecule has 2 aliphatic heterocycles. The van der Waals surface area contributed by atoms with Crippen molar-refractivity contribution in [2.24, 2.45) is 0 Å². The maximum Gasteiger partial charge on any atom is 0.410 e. The molecule has 0 unspecified atom stereocenters. The number of aromatic nitrogens is 2. The van der Waals surface area contributed by atoms with E-state index >= 15 is 0 Å². The minimum absolute atomic E-state index is 0.0702. The van der Waals surface area contributed by atoms with Gasteiger partial charge < -0.3 is 19.3 Å². The van der Waals surface area contributed by atoms with E-state index in [1.807, 2.05) is 25.7 Å². The lowest BCUT2D eigenvalue weighted by molar-refractivity contribution is -0.0106. The molecule has 2 saturated heterocycles. The fourth-order valence-electron chi connectivity index (χ4n) is 3.81. The van der Waals surface area contributed by atoms with Gasteiger partial charge in [0.05, 0.1) is 34.8 Å². The van der Waals surface area contributed by atoms with Gasteiger partial charge in [0.15, 0.2) is 5.82 Å². The number of hydrogen-bond donors (Lipinski definition) is 0. The van der Waals surface area contributed by atoms with Gasteiger partial charge >= 0.3 is 6.09 Å². The maximum atomic E-state index is 14.8. The minimum atomic E-state index is -0.600. The second kappa shape index (κ2) is 7.93. The Balaban J connectivity index is 1.73. The summed E-state index contributed by atoms with van der Waals surface area (Å²) in [5, 5.41) is 0.591. The van der Waals surface area contributed by atoms with Gasteiger partial charge in [0.25, 0.3) is 0 Å². The third-order valence-corrected chi connectivity index (χ3v) is 6.42. The molecule has 162 valence electrons.